The first-order valence-electron chi connectivity index (χ1n) is 7.15. The quantitative estimate of drug-likeness (QED) is 0.859. The van der Waals surface area contributed by atoms with Crippen molar-refractivity contribution in [1.82, 2.24) is 0 Å². The van der Waals surface area contributed by atoms with E-state index >= 15 is 0 Å². The lowest BCUT2D eigenvalue weighted by atomic mass is 9.71. The lowest BCUT2D eigenvalue weighted by Gasteiger charge is -2.37. The summed E-state index contributed by atoms with van der Waals surface area (Å²) in [6.45, 7) is 0. The molecule has 3 aliphatic rings. The number of aromatic carboxylic acids is 1. The van der Waals surface area contributed by atoms with Crippen LogP contribution in [0.25, 0.3) is 0 Å². The van der Waals surface area contributed by atoms with E-state index in [9.17, 15) is 15.0 Å². The van der Waals surface area contributed by atoms with Gasteiger partial charge in [0.2, 0.25) is 0 Å². The molecule has 2 N–H and O–H groups in total. The molecule has 3 fully saturated rings. The summed E-state index contributed by atoms with van der Waals surface area (Å²) >= 11 is 0. The normalized spacial score (nSPS) is 43.6. The van der Waals surface area contributed by atoms with Crippen molar-refractivity contribution in [3.63, 3.8) is 0 Å². The first kappa shape index (κ1) is 11.5. The highest BCUT2D eigenvalue weighted by Gasteiger charge is 2.62. The van der Waals surface area contributed by atoms with Gasteiger partial charge in [-0.15, -0.1) is 0 Å². The number of fused-ring (bicyclic) bond motifs is 5. The van der Waals surface area contributed by atoms with Gasteiger partial charge in [-0.25, -0.2) is 4.79 Å². The Morgan fingerprint density at radius 2 is 2.16 bits per heavy atom. The van der Waals surface area contributed by atoms with Crippen molar-refractivity contribution in [1.29, 1.82) is 0 Å². The van der Waals surface area contributed by atoms with Crippen LogP contribution in [0.4, 0.5) is 0 Å². The van der Waals surface area contributed by atoms with Crippen LogP contribution in [0.3, 0.4) is 0 Å². The van der Waals surface area contributed by atoms with Crippen molar-refractivity contribution in [2.45, 2.75) is 37.7 Å². The third-order valence-electron chi connectivity index (χ3n) is 5.78. The summed E-state index contributed by atoms with van der Waals surface area (Å²) < 4.78 is 5.38. The van der Waals surface area contributed by atoms with Gasteiger partial charge in [-0.2, -0.15) is 0 Å². The summed E-state index contributed by atoms with van der Waals surface area (Å²) in [7, 11) is 0. The van der Waals surface area contributed by atoms with Gasteiger partial charge in [0.15, 0.2) is 0 Å². The highest BCUT2D eigenvalue weighted by atomic mass is 16.4. The Labute approximate surface area is 111 Å². The van der Waals surface area contributed by atoms with E-state index in [1.807, 2.05) is 0 Å². The fraction of sp³-hybridized carbons (Fsp3) is 0.667. The van der Waals surface area contributed by atoms with Crippen molar-refractivity contribution in [3.8, 4) is 0 Å². The topological polar surface area (TPSA) is 70.7 Å². The first-order valence-corrected chi connectivity index (χ1v) is 7.15. The molecule has 1 aromatic rings. The molecule has 4 rings (SSSR count). The molecule has 0 aromatic carbocycles. The molecular formula is C15H18O4. The molecule has 0 saturated heterocycles. The van der Waals surface area contributed by atoms with E-state index in [4.69, 9.17) is 4.42 Å². The third kappa shape index (κ3) is 1.35. The van der Waals surface area contributed by atoms with Gasteiger partial charge in [-0.3, -0.25) is 0 Å². The fourth-order valence-corrected chi connectivity index (χ4v) is 5.19. The Morgan fingerprint density at radius 1 is 1.37 bits per heavy atom. The van der Waals surface area contributed by atoms with Crippen LogP contribution in [0.5, 0.6) is 0 Å². The predicted octanol–water partition coefficient (Wildman–Crippen LogP) is 2.62. The van der Waals surface area contributed by atoms with Gasteiger partial charge < -0.3 is 14.6 Å². The molecule has 0 radical (unpaired) electrons. The molecule has 5 unspecified atom stereocenters. The minimum Gasteiger partial charge on any atom is -0.478 e. The molecule has 3 saturated carbocycles. The minimum atomic E-state index is -1.05. The molecule has 4 heteroatoms. The van der Waals surface area contributed by atoms with E-state index in [0.717, 1.165) is 12.3 Å². The van der Waals surface area contributed by atoms with Gasteiger partial charge in [-0.1, -0.05) is 6.42 Å². The van der Waals surface area contributed by atoms with Crippen LogP contribution in [-0.4, -0.2) is 16.2 Å². The largest absolute Gasteiger partial charge is 0.478 e. The van der Waals surface area contributed by atoms with E-state index in [1.54, 1.807) is 0 Å². The average molecular weight is 262 g/mol. The standard InChI is InChI=1S/C15H18O4/c16-14(17)11-4-5-19-13(11)15(18)7-8-6-12(15)10-3-1-2-9(8)10/h4-5,8-10,12,18H,1-3,6-7H2,(H,16,17). The summed E-state index contributed by atoms with van der Waals surface area (Å²) in [5.41, 5.74) is -0.919. The van der Waals surface area contributed by atoms with Crippen LogP contribution >= 0.6 is 0 Å². The van der Waals surface area contributed by atoms with Gasteiger partial charge >= 0.3 is 5.97 Å². The molecule has 102 valence electrons. The van der Waals surface area contributed by atoms with E-state index in [-0.39, 0.29) is 17.2 Å². The molecule has 4 nitrogen and oxygen atoms in total. The minimum absolute atomic E-state index is 0.129. The van der Waals surface area contributed by atoms with Crippen LogP contribution in [0.15, 0.2) is 16.7 Å². The van der Waals surface area contributed by atoms with E-state index < -0.39 is 11.6 Å². The second-order valence-electron chi connectivity index (χ2n) is 6.46. The number of aliphatic hydroxyl groups is 1. The Kier molecular flexibility index (Phi) is 2.20. The number of carboxylic acids is 1. The highest BCUT2D eigenvalue weighted by Crippen LogP contribution is 2.65. The van der Waals surface area contributed by atoms with Crippen molar-refractivity contribution in [3.05, 3.63) is 23.7 Å². The lowest BCUT2D eigenvalue weighted by molar-refractivity contribution is -0.0676. The number of carbonyl (C=O) groups is 1. The summed E-state index contributed by atoms with van der Waals surface area (Å²) in [5, 5.41) is 20.3. The molecule has 2 bridgehead atoms. The van der Waals surface area contributed by atoms with Gasteiger partial charge in [0.25, 0.3) is 0 Å². The number of rotatable bonds is 2. The van der Waals surface area contributed by atoms with Gasteiger partial charge in [-0.05, 0) is 55.4 Å². The molecule has 3 aliphatic carbocycles. The van der Waals surface area contributed by atoms with Crippen LogP contribution < -0.4 is 0 Å². The second kappa shape index (κ2) is 3.63. The highest BCUT2D eigenvalue weighted by molar-refractivity contribution is 5.89. The lowest BCUT2D eigenvalue weighted by Crippen LogP contribution is -2.39. The average Bonchev–Trinajstić information content (AvgIpc) is 3.09. The van der Waals surface area contributed by atoms with Crippen molar-refractivity contribution < 1.29 is 19.4 Å². The summed E-state index contributed by atoms with van der Waals surface area (Å²) in [4.78, 5) is 11.2. The van der Waals surface area contributed by atoms with E-state index in [1.165, 1.54) is 31.6 Å². The van der Waals surface area contributed by atoms with Crippen LogP contribution in [0.2, 0.25) is 0 Å². The monoisotopic (exact) mass is 262 g/mol. The molecule has 0 amide bonds. The van der Waals surface area contributed by atoms with Gasteiger partial charge in [0, 0.05) is 0 Å². The first-order chi connectivity index (χ1) is 9.11. The maximum atomic E-state index is 11.2. The molecule has 1 heterocycles. The van der Waals surface area contributed by atoms with E-state index in [2.05, 4.69) is 0 Å². The van der Waals surface area contributed by atoms with Crippen molar-refractivity contribution in [2.24, 2.45) is 23.7 Å². The number of hydrogen-bond donors (Lipinski definition) is 2. The summed E-state index contributed by atoms with van der Waals surface area (Å²) in [6.07, 6.45) is 6.80. The third-order valence-corrected chi connectivity index (χ3v) is 5.78. The van der Waals surface area contributed by atoms with Gasteiger partial charge in [0.05, 0.1) is 6.26 Å². The smallest absolute Gasteiger partial charge is 0.339 e. The predicted molar refractivity (Wildman–Crippen MR) is 66.6 cm³/mol. The van der Waals surface area contributed by atoms with Crippen molar-refractivity contribution >= 4 is 5.97 Å². The number of carboxylic acid groups (broad SMARTS) is 1. The Hall–Kier alpha value is -1.29. The zero-order valence-corrected chi connectivity index (χ0v) is 10.7. The Morgan fingerprint density at radius 3 is 2.95 bits per heavy atom. The zero-order chi connectivity index (χ0) is 13.2. The summed E-state index contributed by atoms with van der Waals surface area (Å²) in [6, 6.07) is 1.45. The molecule has 0 spiro atoms. The summed E-state index contributed by atoms with van der Waals surface area (Å²) in [5.74, 6) is 1.34. The van der Waals surface area contributed by atoms with E-state index in [0.29, 0.717) is 18.3 Å². The molecule has 5 atom stereocenters. The zero-order valence-electron chi connectivity index (χ0n) is 10.7. The number of hydrogen-bond acceptors (Lipinski definition) is 3. The molecule has 1 aromatic heterocycles. The van der Waals surface area contributed by atoms with Crippen LogP contribution in [0, 0.1) is 23.7 Å². The Bertz CT molecular complexity index is 534. The van der Waals surface area contributed by atoms with Gasteiger partial charge in [0.1, 0.15) is 16.9 Å². The maximum absolute atomic E-state index is 11.2. The maximum Gasteiger partial charge on any atom is 0.339 e. The fourth-order valence-electron chi connectivity index (χ4n) is 5.19. The SMILES string of the molecule is O=C(O)c1ccoc1C1(O)CC2CC1C1CCCC21. The van der Waals surface area contributed by atoms with Crippen LogP contribution in [0.1, 0.15) is 48.2 Å². The molecule has 0 aliphatic heterocycles. The van der Waals surface area contributed by atoms with Crippen molar-refractivity contribution in [2.75, 3.05) is 0 Å². The molecular weight excluding hydrogens is 244 g/mol. The molecule has 19 heavy (non-hydrogen) atoms. The van der Waals surface area contributed by atoms with Crippen LogP contribution in [-0.2, 0) is 5.60 Å². The Balaban J connectivity index is 1.75. The second-order valence-corrected chi connectivity index (χ2v) is 6.46. The number of furan rings is 1.